The number of aromatic nitrogens is 1. The maximum Gasteiger partial charge on any atom is 0.317 e. The molecular weight excluding hydrogens is 270 g/mol. The molecule has 116 valence electrons. The number of aryl methyl sites for hydroxylation is 1. The van der Waals surface area contributed by atoms with Gasteiger partial charge in [0.1, 0.15) is 0 Å². The highest BCUT2D eigenvalue weighted by atomic mass is 16.4. The molecule has 2 heterocycles. The zero-order valence-electron chi connectivity index (χ0n) is 12.7. The first kappa shape index (κ1) is 15.6. The number of carbonyl (C=O) groups excluding carboxylic acids is 1. The van der Waals surface area contributed by atoms with E-state index in [2.05, 4.69) is 24.1 Å². The molecule has 1 fully saturated rings. The maximum absolute atomic E-state index is 12.3. The minimum atomic E-state index is -0.828. The van der Waals surface area contributed by atoms with Crippen LogP contribution in [-0.4, -0.2) is 52.5 Å². The Bertz CT molecular complexity index is 524. The lowest BCUT2D eigenvalue weighted by atomic mass is 9.91. The number of aromatic amines is 1. The van der Waals surface area contributed by atoms with Crippen molar-refractivity contribution in [2.75, 3.05) is 19.6 Å². The number of carboxylic acid groups (broad SMARTS) is 1. The summed E-state index contributed by atoms with van der Waals surface area (Å²) in [5.74, 6) is -0.262. The van der Waals surface area contributed by atoms with Crippen LogP contribution in [-0.2, 0) is 4.79 Å². The molecule has 1 aromatic heterocycles. The first-order valence-electron chi connectivity index (χ1n) is 7.27. The van der Waals surface area contributed by atoms with Crippen LogP contribution in [0.1, 0.15) is 29.9 Å². The second kappa shape index (κ2) is 6.30. The molecule has 6 heteroatoms. The molecule has 1 saturated heterocycles. The third-order valence-corrected chi connectivity index (χ3v) is 4.17. The van der Waals surface area contributed by atoms with E-state index in [0.717, 1.165) is 5.69 Å². The smallest absolute Gasteiger partial charge is 0.317 e. The number of hydrogen-bond acceptors (Lipinski definition) is 3. The van der Waals surface area contributed by atoms with Crippen molar-refractivity contribution >= 4 is 11.9 Å². The van der Waals surface area contributed by atoms with E-state index < -0.39 is 5.97 Å². The number of H-pyrrole nitrogens is 1. The van der Waals surface area contributed by atoms with E-state index in [1.54, 1.807) is 12.3 Å². The molecule has 0 aromatic carbocycles. The largest absolute Gasteiger partial charge is 0.480 e. The number of aliphatic carboxylic acids is 1. The van der Waals surface area contributed by atoms with Gasteiger partial charge >= 0.3 is 5.97 Å². The van der Waals surface area contributed by atoms with E-state index in [-0.39, 0.29) is 24.4 Å². The Morgan fingerprint density at radius 2 is 2.19 bits per heavy atom. The zero-order chi connectivity index (χ0) is 15.6. The Balaban J connectivity index is 2.04. The molecule has 0 spiro atoms. The average Bonchev–Trinajstić information content (AvgIpc) is 2.95. The minimum absolute atomic E-state index is 0.00819. The van der Waals surface area contributed by atoms with Crippen LogP contribution in [0.2, 0.25) is 0 Å². The van der Waals surface area contributed by atoms with Gasteiger partial charge in [0, 0.05) is 31.0 Å². The highest BCUT2D eigenvalue weighted by Crippen LogP contribution is 2.24. The number of carbonyl (C=O) groups is 2. The van der Waals surface area contributed by atoms with Gasteiger partial charge in [-0.1, -0.05) is 13.8 Å². The van der Waals surface area contributed by atoms with Crippen LogP contribution in [0.5, 0.6) is 0 Å². The van der Waals surface area contributed by atoms with Crippen LogP contribution in [0, 0.1) is 18.8 Å². The summed E-state index contributed by atoms with van der Waals surface area (Å²) in [4.78, 5) is 28.1. The predicted octanol–water partition coefficient (Wildman–Crippen LogP) is 1.09. The van der Waals surface area contributed by atoms with E-state index in [9.17, 15) is 9.59 Å². The zero-order valence-corrected chi connectivity index (χ0v) is 12.7. The van der Waals surface area contributed by atoms with Gasteiger partial charge in [-0.2, -0.15) is 0 Å². The van der Waals surface area contributed by atoms with Gasteiger partial charge in [-0.05, 0) is 24.8 Å². The van der Waals surface area contributed by atoms with E-state index in [0.29, 0.717) is 24.6 Å². The molecular formula is C15H23N3O3. The minimum Gasteiger partial charge on any atom is -0.480 e. The number of likely N-dealkylation sites (tertiary alicyclic amines) is 1. The molecule has 0 aliphatic carbocycles. The standard InChI is InChI=1S/C15H23N3O3/c1-9(2)12-6-18(8-14(19)20)7-13(12)17-15(21)11-4-5-16-10(11)3/h4-5,9,12-13,16H,6-8H2,1-3H3,(H,17,21)(H,19,20)/t12-,13+/m1/s1. The fourth-order valence-corrected chi connectivity index (χ4v) is 3.01. The summed E-state index contributed by atoms with van der Waals surface area (Å²) in [5.41, 5.74) is 1.49. The van der Waals surface area contributed by atoms with Crippen molar-refractivity contribution < 1.29 is 14.7 Å². The summed E-state index contributed by atoms with van der Waals surface area (Å²) < 4.78 is 0. The lowest BCUT2D eigenvalue weighted by molar-refractivity contribution is -0.138. The molecule has 0 bridgehead atoms. The SMILES string of the molecule is Cc1[nH]ccc1C(=O)N[C@H]1CN(CC(=O)O)C[C@@H]1C(C)C. The lowest BCUT2D eigenvalue weighted by Crippen LogP contribution is -2.42. The molecule has 21 heavy (non-hydrogen) atoms. The number of rotatable bonds is 5. The number of amides is 1. The van der Waals surface area contributed by atoms with Gasteiger partial charge in [-0.3, -0.25) is 14.5 Å². The van der Waals surface area contributed by atoms with Crippen molar-refractivity contribution in [3.63, 3.8) is 0 Å². The Hall–Kier alpha value is -1.82. The highest BCUT2D eigenvalue weighted by Gasteiger charge is 2.36. The highest BCUT2D eigenvalue weighted by molar-refractivity contribution is 5.95. The van der Waals surface area contributed by atoms with Gasteiger partial charge in [0.25, 0.3) is 5.91 Å². The van der Waals surface area contributed by atoms with E-state index in [4.69, 9.17) is 5.11 Å². The molecule has 0 saturated carbocycles. The fraction of sp³-hybridized carbons (Fsp3) is 0.600. The summed E-state index contributed by atoms with van der Waals surface area (Å²) in [7, 11) is 0. The van der Waals surface area contributed by atoms with Crippen molar-refractivity contribution in [1.82, 2.24) is 15.2 Å². The summed E-state index contributed by atoms with van der Waals surface area (Å²) in [6.07, 6.45) is 1.75. The average molecular weight is 293 g/mol. The molecule has 2 atom stereocenters. The van der Waals surface area contributed by atoms with Gasteiger partial charge in [0.2, 0.25) is 0 Å². The van der Waals surface area contributed by atoms with Gasteiger partial charge in [0.15, 0.2) is 0 Å². The van der Waals surface area contributed by atoms with Crippen LogP contribution >= 0.6 is 0 Å². The molecule has 1 amide bonds. The predicted molar refractivity (Wildman–Crippen MR) is 79.2 cm³/mol. The summed E-state index contributed by atoms with van der Waals surface area (Å²) in [5, 5.41) is 12.0. The quantitative estimate of drug-likeness (QED) is 0.758. The topological polar surface area (TPSA) is 85.4 Å². The Morgan fingerprint density at radius 1 is 1.48 bits per heavy atom. The molecule has 1 aromatic rings. The van der Waals surface area contributed by atoms with E-state index in [1.165, 1.54) is 0 Å². The fourth-order valence-electron chi connectivity index (χ4n) is 3.01. The second-order valence-electron chi connectivity index (χ2n) is 6.09. The second-order valence-corrected chi connectivity index (χ2v) is 6.09. The van der Waals surface area contributed by atoms with E-state index >= 15 is 0 Å². The molecule has 1 aliphatic heterocycles. The Labute approximate surface area is 124 Å². The first-order chi connectivity index (χ1) is 9.88. The van der Waals surface area contributed by atoms with Crippen molar-refractivity contribution in [2.24, 2.45) is 11.8 Å². The third kappa shape index (κ3) is 3.64. The molecule has 6 nitrogen and oxygen atoms in total. The Morgan fingerprint density at radius 3 is 2.71 bits per heavy atom. The van der Waals surface area contributed by atoms with Crippen molar-refractivity contribution in [2.45, 2.75) is 26.8 Å². The van der Waals surface area contributed by atoms with Crippen molar-refractivity contribution in [3.8, 4) is 0 Å². The lowest BCUT2D eigenvalue weighted by Gasteiger charge is -2.23. The molecule has 2 rings (SSSR count). The monoisotopic (exact) mass is 293 g/mol. The van der Waals surface area contributed by atoms with Crippen LogP contribution in [0.25, 0.3) is 0 Å². The molecule has 0 radical (unpaired) electrons. The molecule has 3 N–H and O–H groups in total. The van der Waals surface area contributed by atoms with Gasteiger partial charge < -0.3 is 15.4 Å². The normalized spacial score (nSPS) is 22.7. The van der Waals surface area contributed by atoms with Gasteiger partial charge in [-0.25, -0.2) is 0 Å². The van der Waals surface area contributed by atoms with Gasteiger partial charge in [-0.15, -0.1) is 0 Å². The Kier molecular flexibility index (Phi) is 4.67. The summed E-state index contributed by atoms with van der Waals surface area (Å²) in [6, 6.07) is 1.75. The molecule has 0 unspecified atom stereocenters. The van der Waals surface area contributed by atoms with Crippen LogP contribution in [0.3, 0.4) is 0 Å². The number of nitrogens with one attached hydrogen (secondary N) is 2. The van der Waals surface area contributed by atoms with Gasteiger partial charge in [0.05, 0.1) is 12.1 Å². The van der Waals surface area contributed by atoms with E-state index in [1.807, 2.05) is 11.8 Å². The molecule has 1 aliphatic rings. The maximum atomic E-state index is 12.3. The van der Waals surface area contributed by atoms with Crippen molar-refractivity contribution in [3.05, 3.63) is 23.5 Å². The number of carboxylic acids is 1. The van der Waals surface area contributed by atoms with Crippen LogP contribution < -0.4 is 5.32 Å². The third-order valence-electron chi connectivity index (χ3n) is 4.17. The first-order valence-corrected chi connectivity index (χ1v) is 7.27. The number of hydrogen-bond donors (Lipinski definition) is 3. The van der Waals surface area contributed by atoms with Crippen LogP contribution in [0.4, 0.5) is 0 Å². The van der Waals surface area contributed by atoms with Crippen LogP contribution in [0.15, 0.2) is 12.3 Å². The number of nitrogens with zero attached hydrogens (tertiary/aromatic N) is 1. The summed E-state index contributed by atoms with van der Waals surface area (Å²) >= 11 is 0. The summed E-state index contributed by atoms with van der Waals surface area (Å²) in [6.45, 7) is 7.40. The van der Waals surface area contributed by atoms with Crippen molar-refractivity contribution in [1.29, 1.82) is 0 Å².